The summed E-state index contributed by atoms with van der Waals surface area (Å²) >= 11 is 0.557. The summed E-state index contributed by atoms with van der Waals surface area (Å²) in [6, 6.07) is 5.49. The predicted octanol–water partition coefficient (Wildman–Crippen LogP) is 2.00. The first-order valence-corrected chi connectivity index (χ1v) is 6.30. The molecule has 8 heteroatoms. The van der Waals surface area contributed by atoms with Crippen LogP contribution in [0.2, 0.25) is 0 Å². The van der Waals surface area contributed by atoms with Crippen molar-refractivity contribution >= 4 is 29.1 Å². The highest BCUT2D eigenvalue weighted by Gasteiger charge is 2.18. The van der Waals surface area contributed by atoms with Crippen LogP contribution < -0.4 is 5.73 Å². The molecule has 1 rings (SSSR count). The molecule has 104 valence electrons. The van der Waals surface area contributed by atoms with Crippen LogP contribution in [-0.4, -0.2) is 17.5 Å². The topological polar surface area (TPSA) is 119 Å². The van der Waals surface area contributed by atoms with Crippen molar-refractivity contribution in [1.82, 2.24) is 0 Å². The van der Waals surface area contributed by atoms with Crippen LogP contribution in [0, 0.1) is 20.8 Å². The molecule has 0 heterocycles. The number of non-ortho nitro benzene ring substituents is 1. The Labute approximate surface area is 119 Å². The molecule has 0 saturated carbocycles. The molecule has 0 fully saturated rings. The van der Waals surface area contributed by atoms with Crippen LogP contribution in [0.25, 0.3) is 5.70 Å². The van der Waals surface area contributed by atoms with Crippen molar-refractivity contribution in [2.45, 2.75) is 6.92 Å². The van der Waals surface area contributed by atoms with E-state index in [1.165, 1.54) is 24.3 Å². The average Bonchev–Trinajstić information content (AvgIpc) is 2.44. The Morgan fingerprint density at radius 1 is 1.60 bits per heavy atom. The monoisotopic (exact) mass is 293 g/mol. The van der Waals surface area contributed by atoms with Crippen molar-refractivity contribution in [3.8, 4) is 5.40 Å². The SMILES string of the molecule is CCOC(=O)/C(SC#N)=C(\N)c1cccc([N+](=O)[O-])c1. The molecule has 0 aliphatic rings. The molecule has 0 unspecified atom stereocenters. The maximum absolute atomic E-state index is 11.7. The minimum Gasteiger partial charge on any atom is -0.462 e. The molecule has 1 aromatic carbocycles. The molecule has 0 bridgehead atoms. The lowest BCUT2D eigenvalue weighted by atomic mass is 10.1. The van der Waals surface area contributed by atoms with E-state index in [-0.39, 0.29) is 28.5 Å². The maximum atomic E-state index is 11.7. The standard InChI is InChI=1S/C12H11N3O4S/c1-2-19-12(16)11(20-7-13)10(14)8-4-3-5-9(6-8)15(17)18/h3-6H,2,14H2,1H3/b11-10+. The molecule has 0 radical (unpaired) electrons. The molecule has 0 spiro atoms. The van der Waals surface area contributed by atoms with E-state index in [1.54, 1.807) is 12.3 Å². The van der Waals surface area contributed by atoms with Crippen molar-refractivity contribution in [1.29, 1.82) is 5.26 Å². The third-order valence-electron chi connectivity index (χ3n) is 2.22. The molecule has 1 aromatic rings. The van der Waals surface area contributed by atoms with Crippen LogP contribution in [0.15, 0.2) is 29.2 Å². The van der Waals surface area contributed by atoms with Crippen molar-refractivity contribution in [3.05, 3.63) is 44.8 Å². The molecule has 0 aromatic heterocycles. The van der Waals surface area contributed by atoms with Gasteiger partial charge in [-0.3, -0.25) is 10.1 Å². The highest BCUT2D eigenvalue weighted by Crippen LogP contribution is 2.26. The van der Waals surface area contributed by atoms with Crippen LogP contribution in [0.5, 0.6) is 0 Å². The summed E-state index contributed by atoms with van der Waals surface area (Å²) in [5.74, 6) is -0.733. The van der Waals surface area contributed by atoms with Crippen molar-refractivity contribution in [2.24, 2.45) is 5.73 Å². The van der Waals surface area contributed by atoms with Crippen LogP contribution >= 0.6 is 11.8 Å². The Hall–Kier alpha value is -2.53. The van der Waals surface area contributed by atoms with Crippen LogP contribution in [0.1, 0.15) is 12.5 Å². The molecule has 2 N–H and O–H groups in total. The predicted molar refractivity (Wildman–Crippen MR) is 74.0 cm³/mol. The van der Waals surface area contributed by atoms with Crippen molar-refractivity contribution in [2.75, 3.05) is 6.61 Å². The number of nitrogens with zero attached hydrogens (tertiary/aromatic N) is 2. The molecule has 0 aliphatic heterocycles. The second-order valence-electron chi connectivity index (χ2n) is 3.46. The molecule has 0 amide bonds. The zero-order valence-electron chi connectivity index (χ0n) is 10.5. The lowest BCUT2D eigenvalue weighted by molar-refractivity contribution is -0.384. The zero-order chi connectivity index (χ0) is 15.1. The lowest BCUT2D eigenvalue weighted by Gasteiger charge is -2.07. The van der Waals surface area contributed by atoms with Crippen LogP contribution in [-0.2, 0) is 9.53 Å². The first kappa shape index (κ1) is 15.5. The van der Waals surface area contributed by atoms with Gasteiger partial charge in [0.2, 0.25) is 0 Å². The summed E-state index contributed by atoms with van der Waals surface area (Å²) in [7, 11) is 0. The average molecular weight is 293 g/mol. The fourth-order valence-corrected chi connectivity index (χ4v) is 1.83. The van der Waals surface area contributed by atoms with Gasteiger partial charge in [-0.05, 0) is 18.7 Å². The molecular formula is C12H11N3O4S. The van der Waals surface area contributed by atoms with Crippen molar-refractivity contribution in [3.63, 3.8) is 0 Å². The normalized spacial score (nSPS) is 11.2. The van der Waals surface area contributed by atoms with E-state index in [0.29, 0.717) is 11.8 Å². The smallest absolute Gasteiger partial charge is 0.347 e. The highest BCUT2D eigenvalue weighted by molar-refractivity contribution is 8.08. The Morgan fingerprint density at radius 3 is 2.85 bits per heavy atom. The summed E-state index contributed by atoms with van der Waals surface area (Å²) < 4.78 is 4.79. The van der Waals surface area contributed by atoms with E-state index in [2.05, 4.69) is 0 Å². The molecule has 20 heavy (non-hydrogen) atoms. The largest absolute Gasteiger partial charge is 0.462 e. The fraction of sp³-hybridized carbons (Fsp3) is 0.167. The minimum absolute atomic E-state index is 0.0290. The quantitative estimate of drug-likeness (QED) is 0.290. The number of thiocyanates is 1. The number of esters is 1. The Morgan fingerprint density at radius 2 is 2.30 bits per heavy atom. The van der Waals surface area contributed by atoms with E-state index >= 15 is 0 Å². The number of benzene rings is 1. The highest BCUT2D eigenvalue weighted by atomic mass is 32.2. The van der Waals surface area contributed by atoms with Crippen LogP contribution in [0.3, 0.4) is 0 Å². The van der Waals surface area contributed by atoms with Gasteiger partial charge in [0.05, 0.1) is 17.2 Å². The zero-order valence-corrected chi connectivity index (χ0v) is 11.3. The molecule has 0 atom stereocenters. The van der Waals surface area contributed by atoms with E-state index in [4.69, 9.17) is 15.7 Å². The summed E-state index contributed by atoms with van der Waals surface area (Å²) in [6.07, 6.45) is 0. The third-order valence-corrected chi connectivity index (χ3v) is 2.90. The first-order valence-electron chi connectivity index (χ1n) is 5.48. The van der Waals surface area contributed by atoms with E-state index < -0.39 is 10.9 Å². The van der Waals surface area contributed by atoms with Gasteiger partial charge >= 0.3 is 5.97 Å². The first-order chi connectivity index (χ1) is 9.51. The maximum Gasteiger partial charge on any atom is 0.347 e. The van der Waals surface area contributed by atoms with Gasteiger partial charge in [-0.25, -0.2) is 4.79 Å². The van der Waals surface area contributed by atoms with Gasteiger partial charge in [0.25, 0.3) is 5.69 Å². The Balaban J connectivity index is 3.28. The summed E-state index contributed by atoms with van der Waals surface area (Å²) in [4.78, 5) is 21.7. The number of thioether (sulfide) groups is 1. The number of carbonyl (C=O) groups is 1. The van der Waals surface area contributed by atoms with E-state index in [1.807, 2.05) is 0 Å². The number of carbonyl (C=O) groups excluding carboxylic acids is 1. The van der Waals surface area contributed by atoms with Gasteiger partial charge in [0, 0.05) is 17.7 Å². The van der Waals surface area contributed by atoms with Gasteiger partial charge in [0.15, 0.2) is 0 Å². The van der Waals surface area contributed by atoms with Gasteiger partial charge in [0.1, 0.15) is 10.3 Å². The Kier molecular flexibility index (Phi) is 5.56. The summed E-state index contributed by atoms with van der Waals surface area (Å²) in [5.41, 5.74) is 5.91. The van der Waals surface area contributed by atoms with Gasteiger partial charge < -0.3 is 10.5 Å². The number of ether oxygens (including phenoxy) is 1. The number of nitrogens with two attached hydrogens (primary N) is 1. The number of hydrogen-bond donors (Lipinski definition) is 1. The number of rotatable bonds is 5. The van der Waals surface area contributed by atoms with Crippen molar-refractivity contribution < 1.29 is 14.5 Å². The second kappa shape index (κ2) is 7.16. The lowest BCUT2D eigenvalue weighted by Crippen LogP contribution is -2.11. The fourth-order valence-electron chi connectivity index (χ4n) is 1.37. The molecule has 0 saturated heterocycles. The summed E-state index contributed by atoms with van der Waals surface area (Å²) in [6.45, 7) is 1.76. The Bertz CT molecular complexity index is 607. The number of hydrogen-bond acceptors (Lipinski definition) is 7. The molecule has 0 aliphatic carbocycles. The number of nitriles is 1. The minimum atomic E-state index is -0.733. The summed E-state index contributed by atoms with van der Waals surface area (Å²) in [5, 5.41) is 21.1. The van der Waals surface area contributed by atoms with Gasteiger partial charge in [-0.2, -0.15) is 5.26 Å². The molecule has 7 nitrogen and oxygen atoms in total. The van der Waals surface area contributed by atoms with E-state index in [0.717, 1.165) is 0 Å². The third kappa shape index (κ3) is 3.73. The van der Waals surface area contributed by atoms with Gasteiger partial charge in [-0.15, -0.1) is 0 Å². The second-order valence-corrected chi connectivity index (χ2v) is 4.26. The number of nitro groups is 1. The molecular weight excluding hydrogens is 282 g/mol. The van der Waals surface area contributed by atoms with E-state index in [9.17, 15) is 14.9 Å². The van der Waals surface area contributed by atoms with Crippen LogP contribution in [0.4, 0.5) is 5.69 Å². The van der Waals surface area contributed by atoms with Gasteiger partial charge in [-0.1, -0.05) is 12.1 Å². The number of nitro benzene ring substituents is 1.